The molecule has 0 bridgehead atoms. The fourth-order valence-corrected chi connectivity index (χ4v) is 4.24. The minimum absolute atomic E-state index is 0.0856. The number of hydrogen-bond donors (Lipinski definition) is 2. The van der Waals surface area contributed by atoms with Crippen molar-refractivity contribution in [3.05, 3.63) is 64.3 Å². The topological polar surface area (TPSA) is 116 Å². The van der Waals surface area contributed by atoms with Crippen molar-refractivity contribution in [2.45, 2.75) is 17.9 Å². The molecular formula is C19H18Cl2N4O4S. The molecule has 0 spiro atoms. The Morgan fingerprint density at radius 2 is 1.90 bits per heavy atom. The molecule has 2 aromatic carbocycles. The Morgan fingerprint density at radius 3 is 2.60 bits per heavy atom. The van der Waals surface area contributed by atoms with Gasteiger partial charge in [-0.2, -0.15) is 4.98 Å². The second-order valence-corrected chi connectivity index (χ2v) is 8.62. The average molecular weight is 469 g/mol. The minimum atomic E-state index is -4.09. The predicted molar refractivity (Wildman–Crippen MR) is 115 cm³/mol. The molecule has 3 aromatic rings. The number of halogens is 2. The van der Waals surface area contributed by atoms with Gasteiger partial charge in [0.05, 0.1) is 23.4 Å². The first-order valence-corrected chi connectivity index (χ1v) is 10.9. The Hall–Kier alpha value is -2.59. The molecule has 8 nitrogen and oxygen atoms in total. The summed E-state index contributed by atoms with van der Waals surface area (Å²) in [7, 11) is -2.76. The van der Waals surface area contributed by atoms with E-state index in [0.29, 0.717) is 5.75 Å². The normalized spacial score (nSPS) is 12.3. The van der Waals surface area contributed by atoms with Crippen LogP contribution in [0.25, 0.3) is 0 Å². The fourth-order valence-electron chi connectivity index (χ4n) is 2.47. The summed E-state index contributed by atoms with van der Waals surface area (Å²) in [5.41, 5.74) is 6.77. The van der Waals surface area contributed by atoms with Crippen molar-refractivity contribution in [1.29, 1.82) is 0 Å². The summed E-state index contributed by atoms with van der Waals surface area (Å²) in [5.74, 6) is 0.389. The third-order valence-corrected chi connectivity index (χ3v) is 6.27. The molecule has 0 radical (unpaired) electrons. The number of nitrogens with two attached hydrogens (primary N) is 1. The zero-order valence-electron chi connectivity index (χ0n) is 16.0. The molecular weight excluding hydrogens is 451 g/mol. The molecule has 0 aliphatic carbocycles. The standard InChI is InChI=1S/C19H18Cl2N4O4S/c1-11(22)12-5-3-6-13(9-12)29-16-10-23-18(19(24-16)28-2)25-30(26,27)15-8-4-7-14(20)17(15)21/h3-11H,22H2,1-2H3,(H,23,25). The van der Waals surface area contributed by atoms with Crippen molar-refractivity contribution in [3.63, 3.8) is 0 Å². The first-order chi connectivity index (χ1) is 14.2. The molecule has 0 fully saturated rings. The molecule has 1 atom stereocenters. The first kappa shape index (κ1) is 22.1. The number of ether oxygens (including phenoxy) is 2. The van der Waals surface area contributed by atoms with E-state index >= 15 is 0 Å². The fraction of sp³-hybridized carbons (Fsp3) is 0.158. The molecule has 0 saturated heterocycles. The van der Waals surface area contributed by atoms with Gasteiger partial charge in [-0.15, -0.1) is 0 Å². The van der Waals surface area contributed by atoms with Crippen LogP contribution >= 0.6 is 23.2 Å². The van der Waals surface area contributed by atoms with Crippen LogP contribution < -0.4 is 19.9 Å². The Labute approximate surface area is 184 Å². The van der Waals surface area contributed by atoms with E-state index in [1.54, 1.807) is 18.2 Å². The summed E-state index contributed by atoms with van der Waals surface area (Å²) in [5, 5.41) is 0.00271. The van der Waals surface area contributed by atoms with Crippen molar-refractivity contribution in [2.24, 2.45) is 5.73 Å². The summed E-state index contributed by atoms with van der Waals surface area (Å²) in [6.45, 7) is 1.86. The predicted octanol–water partition coefficient (Wildman–Crippen LogP) is 4.40. The Balaban J connectivity index is 1.87. The molecule has 1 aromatic heterocycles. The van der Waals surface area contributed by atoms with E-state index in [-0.39, 0.29) is 38.6 Å². The van der Waals surface area contributed by atoms with E-state index in [2.05, 4.69) is 14.7 Å². The number of benzene rings is 2. The Kier molecular flexibility index (Phi) is 6.67. The number of sulfonamides is 1. The second kappa shape index (κ2) is 9.05. The van der Waals surface area contributed by atoms with Gasteiger partial charge in [0, 0.05) is 6.04 Å². The number of nitrogens with one attached hydrogen (secondary N) is 1. The lowest BCUT2D eigenvalue weighted by Crippen LogP contribution is -2.15. The highest BCUT2D eigenvalue weighted by molar-refractivity contribution is 7.92. The molecule has 1 unspecified atom stereocenters. The molecule has 11 heteroatoms. The SMILES string of the molecule is COc1nc(Oc2cccc(C(C)N)c2)cnc1NS(=O)(=O)c1cccc(Cl)c1Cl. The summed E-state index contributed by atoms with van der Waals surface area (Å²) in [6.07, 6.45) is 1.26. The number of aromatic nitrogens is 2. The van der Waals surface area contributed by atoms with Crippen LogP contribution in [0, 0.1) is 0 Å². The maximum atomic E-state index is 12.7. The van der Waals surface area contributed by atoms with Crippen LogP contribution in [-0.4, -0.2) is 25.5 Å². The number of methoxy groups -OCH3 is 1. The number of nitrogens with zero attached hydrogens (tertiary/aromatic N) is 2. The van der Waals surface area contributed by atoms with Crippen LogP contribution in [0.15, 0.2) is 53.6 Å². The molecule has 0 aliphatic rings. The van der Waals surface area contributed by atoms with E-state index in [0.717, 1.165) is 5.56 Å². The highest BCUT2D eigenvalue weighted by Gasteiger charge is 2.23. The maximum Gasteiger partial charge on any atom is 0.264 e. The van der Waals surface area contributed by atoms with E-state index in [1.807, 2.05) is 13.0 Å². The van der Waals surface area contributed by atoms with Gasteiger partial charge in [0.2, 0.25) is 11.7 Å². The van der Waals surface area contributed by atoms with Crippen LogP contribution in [0.5, 0.6) is 17.5 Å². The zero-order valence-corrected chi connectivity index (χ0v) is 18.3. The van der Waals surface area contributed by atoms with Gasteiger partial charge in [-0.3, -0.25) is 4.72 Å². The lowest BCUT2D eigenvalue weighted by atomic mass is 10.1. The van der Waals surface area contributed by atoms with Gasteiger partial charge in [0.1, 0.15) is 10.6 Å². The van der Waals surface area contributed by atoms with Gasteiger partial charge in [-0.25, -0.2) is 13.4 Å². The first-order valence-electron chi connectivity index (χ1n) is 8.62. The van der Waals surface area contributed by atoms with Crippen molar-refractivity contribution in [1.82, 2.24) is 9.97 Å². The quantitative estimate of drug-likeness (QED) is 0.527. The van der Waals surface area contributed by atoms with Gasteiger partial charge in [-0.1, -0.05) is 41.4 Å². The lowest BCUT2D eigenvalue weighted by Gasteiger charge is -2.13. The van der Waals surface area contributed by atoms with Crippen LogP contribution in [0.2, 0.25) is 10.0 Å². The number of anilines is 1. The molecule has 3 N–H and O–H groups in total. The van der Waals surface area contributed by atoms with Gasteiger partial charge in [0.15, 0.2) is 0 Å². The van der Waals surface area contributed by atoms with Crippen molar-refractivity contribution in [3.8, 4) is 17.5 Å². The van der Waals surface area contributed by atoms with Crippen molar-refractivity contribution >= 4 is 39.0 Å². The summed E-state index contributed by atoms with van der Waals surface area (Å²) >= 11 is 11.9. The number of hydrogen-bond acceptors (Lipinski definition) is 7. The Morgan fingerprint density at radius 1 is 1.17 bits per heavy atom. The van der Waals surface area contributed by atoms with Gasteiger partial charge in [0.25, 0.3) is 15.9 Å². The van der Waals surface area contributed by atoms with Crippen molar-refractivity contribution in [2.75, 3.05) is 11.8 Å². The molecule has 1 heterocycles. The molecule has 0 amide bonds. The lowest BCUT2D eigenvalue weighted by molar-refractivity contribution is 0.382. The molecule has 0 saturated carbocycles. The van der Waals surface area contributed by atoms with E-state index in [4.69, 9.17) is 38.4 Å². The summed E-state index contributed by atoms with van der Waals surface area (Å²) < 4.78 is 38.5. The third kappa shape index (κ3) is 4.93. The summed E-state index contributed by atoms with van der Waals surface area (Å²) in [6, 6.07) is 11.3. The van der Waals surface area contributed by atoms with Crippen LogP contribution in [0.4, 0.5) is 5.82 Å². The second-order valence-electron chi connectivity index (χ2n) is 6.19. The van der Waals surface area contributed by atoms with Crippen LogP contribution in [-0.2, 0) is 10.0 Å². The van der Waals surface area contributed by atoms with E-state index in [9.17, 15) is 8.42 Å². The Bertz CT molecular complexity index is 1170. The highest BCUT2D eigenvalue weighted by Crippen LogP contribution is 2.32. The molecule has 3 rings (SSSR count). The maximum absolute atomic E-state index is 12.7. The van der Waals surface area contributed by atoms with Crippen LogP contribution in [0.3, 0.4) is 0 Å². The molecule has 0 aliphatic heterocycles. The molecule has 158 valence electrons. The monoisotopic (exact) mass is 468 g/mol. The average Bonchev–Trinajstić information content (AvgIpc) is 2.71. The van der Waals surface area contributed by atoms with Gasteiger partial charge < -0.3 is 15.2 Å². The van der Waals surface area contributed by atoms with E-state index < -0.39 is 10.0 Å². The van der Waals surface area contributed by atoms with Crippen LogP contribution in [0.1, 0.15) is 18.5 Å². The van der Waals surface area contributed by atoms with Crippen molar-refractivity contribution < 1.29 is 17.9 Å². The van der Waals surface area contributed by atoms with Gasteiger partial charge in [-0.05, 0) is 36.8 Å². The van der Waals surface area contributed by atoms with Gasteiger partial charge >= 0.3 is 0 Å². The summed E-state index contributed by atoms with van der Waals surface area (Å²) in [4.78, 5) is 8.02. The minimum Gasteiger partial charge on any atom is -0.478 e. The smallest absolute Gasteiger partial charge is 0.264 e. The van der Waals surface area contributed by atoms with E-state index in [1.165, 1.54) is 31.5 Å². The zero-order chi connectivity index (χ0) is 21.9. The highest BCUT2D eigenvalue weighted by atomic mass is 35.5. The third-order valence-electron chi connectivity index (χ3n) is 3.95. The number of rotatable bonds is 7. The molecule has 30 heavy (non-hydrogen) atoms. The largest absolute Gasteiger partial charge is 0.478 e.